The second kappa shape index (κ2) is 4.42. The maximum atomic E-state index is 10.8. The zero-order chi connectivity index (χ0) is 12.3. The van der Waals surface area contributed by atoms with Crippen LogP contribution in [0.3, 0.4) is 0 Å². The van der Waals surface area contributed by atoms with Gasteiger partial charge in [0.25, 0.3) is 0 Å². The van der Waals surface area contributed by atoms with Crippen molar-refractivity contribution in [1.82, 2.24) is 9.88 Å². The number of piperidine rings is 1. The lowest BCUT2D eigenvalue weighted by molar-refractivity contribution is 0.125. The van der Waals surface area contributed by atoms with Crippen molar-refractivity contribution in [2.24, 2.45) is 0 Å². The van der Waals surface area contributed by atoms with Gasteiger partial charge in [0.05, 0.1) is 11.5 Å². The Morgan fingerprint density at radius 3 is 2.71 bits per heavy atom. The molecule has 1 fully saturated rings. The largest absolute Gasteiger partial charge is 0.465 e. The Labute approximate surface area is 99.3 Å². The Morgan fingerprint density at radius 1 is 1.53 bits per heavy atom. The summed E-state index contributed by atoms with van der Waals surface area (Å²) in [6, 6.07) is 6.02. The molecular formula is C12H13N3O2. The fourth-order valence-electron chi connectivity index (χ4n) is 2.19. The lowest BCUT2D eigenvalue weighted by Gasteiger charge is -2.36. The Bertz CT molecular complexity index is 445. The summed E-state index contributed by atoms with van der Waals surface area (Å²) in [6.07, 6.45) is 3.51. The van der Waals surface area contributed by atoms with Crippen LogP contribution in [0.1, 0.15) is 18.4 Å². The fourth-order valence-corrected chi connectivity index (χ4v) is 2.19. The quantitative estimate of drug-likeness (QED) is 0.796. The van der Waals surface area contributed by atoms with Crippen LogP contribution in [-0.4, -0.2) is 34.2 Å². The summed E-state index contributed by atoms with van der Waals surface area (Å²) in [6.45, 7) is 0.801. The number of hydrogen-bond donors (Lipinski definition) is 1. The van der Waals surface area contributed by atoms with Crippen molar-refractivity contribution in [2.75, 3.05) is 13.1 Å². The highest BCUT2D eigenvalue weighted by Gasteiger charge is 2.37. The predicted octanol–water partition coefficient (Wildman–Crippen LogP) is 1.62. The molecule has 2 heterocycles. The molecule has 0 unspecified atom stereocenters. The van der Waals surface area contributed by atoms with Gasteiger partial charge in [0.15, 0.2) is 0 Å². The molecule has 1 saturated heterocycles. The smallest absolute Gasteiger partial charge is 0.407 e. The zero-order valence-electron chi connectivity index (χ0n) is 9.33. The number of aromatic nitrogens is 1. The van der Waals surface area contributed by atoms with E-state index in [1.54, 1.807) is 18.5 Å². The Hall–Kier alpha value is -2.09. The molecule has 1 aliphatic rings. The van der Waals surface area contributed by atoms with Crippen LogP contribution in [0.2, 0.25) is 0 Å². The second-order valence-electron chi connectivity index (χ2n) is 4.21. The Kier molecular flexibility index (Phi) is 2.96. The summed E-state index contributed by atoms with van der Waals surface area (Å²) in [7, 11) is 0. The molecule has 1 amide bonds. The van der Waals surface area contributed by atoms with Gasteiger partial charge in [-0.25, -0.2) is 4.79 Å². The van der Waals surface area contributed by atoms with Crippen LogP contribution in [-0.2, 0) is 5.41 Å². The lowest BCUT2D eigenvalue weighted by Crippen LogP contribution is -2.44. The molecule has 0 bridgehead atoms. The van der Waals surface area contributed by atoms with E-state index in [0.29, 0.717) is 25.9 Å². The van der Waals surface area contributed by atoms with E-state index in [2.05, 4.69) is 11.1 Å². The highest BCUT2D eigenvalue weighted by Crippen LogP contribution is 2.34. The van der Waals surface area contributed by atoms with Crippen molar-refractivity contribution in [3.05, 3.63) is 30.1 Å². The van der Waals surface area contributed by atoms with Crippen LogP contribution in [0.25, 0.3) is 0 Å². The Morgan fingerprint density at radius 2 is 2.24 bits per heavy atom. The first kappa shape index (κ1) is 11.4. The predicted molar refractivity (Wildman–Crippen MR) is 60.4 cm³/mol. The van der Waals surface area contributed by atoms with Gasteiger partial charge in [0.2, 0.25) is 0 Å². The number of carboxylic acid groups (broad SMARTS) is 1. The summed E-state index contributed by atoms with van der Waals surface area (Å²) in [5.74, 6) is 0. The highest BCUT2D eigenvalue weighted by atomic mass is 16.4. The molecule has 0 saturated carbocycles. The maximum Gasteiger partial charge on any atom is 0.407 e. The van der Waals surface area contributed by atoms with E-state index in [1.165, 1.54) is 4.90 Å². The van der Waals surface area contributed by atoms with Crippen molar-refractivity contribution in [3.8, 4) is 6.07 Å². The topological polar surface area (TPSA) is 77.2 Å². The minimum Gasteiger partial charge on any atom is -0.465 e. The lowest BCUT2D eigenvalue weighted by atomic mass is 9.75. The number of nitrogens with zero attached hydrogens (tertiary/aromatic N) is 3. The van der Waals surface area contributed by atoms with Gasteiger partial charge in [-0.3, -0.25) is 4.98 Å². The molecule has 2 rings (SSSR count). The number of hydrogen-bond acceptors (Lipinski definition) is 3. The van der Waals surface area contributed by atoms with Crippen molar-refractivity contribution < 1.29 is 9.90 Å². The van der Waals surface area contributed by atoms with Crippen molar-refractivity contribution in [1.29, 1.82) is 5.26 Å². The van der Waals surface area contributed by atoms with Crippen LogP contribution in [0.4, 0.5) is 4.79 Å². The number of carbonyl (C=O) groups is 1. The van der Waals surface area contributed by atoms with Crippen LogP contribution in [0, 0.1) is 11.3 Å². The number of likely N-dealkylation sites (tertiary alicyclic amines) is 1. The van der Waals surface area contributed by atoms with E-state index in [1.807, 2.05) is 6.07 Å². The average Bonchev–Trinajstić information content (AvgIpc) is 2.40. The minimum atomic E-state index is -0.914. The monoisotopic (exact) mass is 231 g/mol. The van der Waals surface area contributed by atoms with Crippen LogP contribution in [0.15, 0.2) is 24.5 Å². The van der Waals surface area contributed by atoms with E-state index in [9.17, 15) is 10.1 Å². The van der Waals surface area contributed by atoms with Gasteiger partial charge in [-0.15, -0.1) is 0 Å². The SMILES string of the molecule is N#CC1(c2cccnc2)CCN(C(=O)O)CC1. The summed E-state index contributed by atoms with van der Waals surface area (Å²) in [5, 5.41) is 18.3. The molecule has 0 atom stereocenters. The summed E-state index contributed by atoms with van der Waals surface area (Å²) >= 11 is 0. The third-order valence-corrected chi connectivity index (χ3v) is 3.32. The van der Waals surface area contributed by atoms with Gasteiger partial charge < -0.3 is 10.0 Å². The summed E-state index contributed by atoms with van der Waals surface area (Å²) in [5.41, 5.74) is 0.299. The fraction of sp³-hybridized carbons (Fsp3) is 0.417. The van der Waals surface area contributed by atoms with Crippen LogP contribution < -0.4 is 0 Å². The van der Waals surface area contributed by atoms with Crippen molar-refractivity contribution in [2.45, 2.75) is 18.3 Å². The van der Waals surface area contributed by atoms with Gasteiger partial charge in [0.1, 0.15) is 0 Å². The number of amides is 1. The molecule has 0 aliphatic carbocycles. The van der Waals surface area contributed by atoms with E-state index in [-0.39, 0.29) is 0 Å². The van der Waals surface area contributed by atoms with Gasteiger partial charge in [0, 0.05) is 25.5 Å². The average molecular weight is 231 g/mol. The molecule has 5 nitrogen and oxygen atoms in total. The summed E-state index contributed by atoms with van der Waals surface area (Å²) < 4.78 is 0. The molecule has 17 heavy (non-hydrogen) atoms. The van der Waals surface area contributed by atoms with Gasteiger partial charge in [-0.05, 0) is 24.5 Å². The normalized spacial score (nSPS) is 18.4. The number of rotatable bonds is 1. The third kappa shape index (κ3) is 2.07. The van der Waals surface area contributed by atoms with Gasteiger partial charge in [-0.1, -0.05) is 6.07 Å². The molecule has 0 aromatic carbocycles. The third-order valence-electron chi connectivity index (χ3n) is 3.32. The van der Waals surface area contributed by atoms with Crippen molar-refractivity contribution >= 4 is 6.09 Å². The van der Waals surface area contributed by atoms with E-state index < -0.39 is 11.5 Å². The first-order valence-electron chi connectivity index (χ1n) is 5.47. The van der Waals surface area contributed by atoms with E-state index >= 15 is 0 Å². The minimum absolute atomic E-state index is 0.401. The standard InChI is InChI=1S/C12H13N3O2/c13-9-12(10-2-1-5-14-8-10)3-6-15(7-4-12)11(16)17/h1-2,5,8H,3-4,6-7H2,(H,16,17). The number of pyridine rings is 1. The molecule has 1 aliphatic heterocycles. The number of nitriles is 1. The first-order chi connectivity index (χ1) is 8.18. The molecule has 1 N–H and O–H groups in total. The molecular weight excluding hydrogens is 218 g/mol. The van der Waals surface area contributed by atoms with E-state index in [0.717, 1.165) is 5.56 Å². The van der Waals surface area contributed by atoms with Gasteiger partial charge in [-0.2, -0.15) is 5.26 Å². The Balaban J connectivity index is 2.20. The van der Waals surface area contributed by atoms with Gasteiger partial charge >= 0.3 is 6.09 Å². The van der Waals surface area contributed by atoms with E-state index in [4.69, 9.17) is 5.11 Å². The molecule has 88 valence electrons. The summed E-state index contributed by atoms with van der Waals surface area (Å²) in [4.78, 5) is 16.2. The molecule has 0 radical (unpaired) electrons. The first-order valence-corrected chi connectivity index (χ1v) is 5.47. The zero-order valence-corrected chi connectivity index (χ0v) is 9.33. The maximum absolute atomic E-state index is 10.8. The van der Waals surface area contributed by atoms with Crippen molar-refractivity contribution in [3.63, 3.8) is 0 Å². The molecule has 1 aromatic heterocycles. The molecule has 0 spiro atoms. The second-order valence-corrected chi connectivity index (χ2v) is 4.21. The molecule has 5 heteroatoms. The molecule has 1 aromatic rings. The van der Waals surface area contributed by atoms with Crippen LogP contribution >= 0.6 is 0 Å². The van der Waals surface area contributed by atoms with Crippen LogP contribution in [0.5, 0.6) is 0 Å². The highest BCUT2D eigenvalue weighted by molar-refractivity contribution is 5.65.